The normalized spacial score (nSPS) is 18.9. The molecule has 2 fully saturated rings. The predicted molar refractivity (Wildman–Crippen MR) is 127 cm³/mol. The summed E-state index contributed by atoms with van der Waals surface area (Å²) in [6, 6.07) is 7.04. The van der Waals surface area contributed by atoms with Crippen LogP contribution in [0.5, 0.6) is 0 Å². The van der Waals surface area contributed by atoms with Gasteiger partial charge in [0.05, 0.1) is 10.8 Å². The number of ketones is 1. The Morgan fingerprint density at radius 2 is 1.44 bits per heavy atom. The third-order valence-corrected chi connectivity index (χ3v) is 7.32. The minimum Gasteiger partial charge on any atom is -0.301 e. The van der Waals surface area contributed by atoms with Crippen molar-refractivity contribution >= 4 is 16.6 Å². The molecule has 0 radical (unpaired) electrons. The number of carbonyl (C=O) groups is 1. The first-order chi connectivity index (χ1) is 15.5. The molecule has 1 aliphatic carbocycles. The van der Waals surface area contributed by atoms with E-state index in [1.54, 1.807) is 36.0 Å². The Kier molecular flexibility index (Phi) is 7.58. The molecule has 1 aromatic carbocycles. The highest BCUT2D eigenvalue weighted by atomic mass is 16.2. The van der Waals surface area contributed by atoms with E-state index in [-0.39, 0.29) is 11.1 Å². The lowest BCUT2D eigenvalue weighted by atomic mass is 9.85. The van der Waals surface area contributed by atoms with Gasteiger partial charge in [-0.1, -0.05) is 31.4 Å². The molecule has 2 aliphatic rings. The number of carbonyl (C=O) groups excluding carboxylic acids is 1. The number of hydrogen-bond acceptors (Lipinski definition) is 5. The monoisotopic (exact) mass is 440 g/mol. The van der Waals surface area contributed by atoms with E-state index >= 15 is 0 Å². The van der Waals surface area contributed by atoms with Crippen molar-refractivity contribution in [3.63, 3.8) is 0 Å². The maximum absolute atomic E-state index is 12.8. The van der Waals surface area contributed by atoms with E-state index < -0.39 is 0 Å². The van der Waals surface area contributed by atoms with Gasteiger partial charge in [0, 0.05) is 65.2 Å². The van der Waals surface area contributed by atoms with Crippen LogP contribution in [0, 0.1) is 5.92 Å². The zero-order valence-corrected chi connectivity index (χ0v) is 19.3. The van der Waals surface area contributed by atoms with Crippen LogP contribution in [0.1, 0.15) is 44.9 Å². The van der Waals surface area contributed by atoms with Gasteiger partial charge in [0.1, 0.15) is 5.78 Å². The number of nitrogens with zero attached hydrogens (tertiary/aromatic N) is 4. The molecule has 0 spiro atoms. The molecule has 0 bridgehead atoms. The van der Waals surface area contributed by atoms with Crippen molar-refractivity contribution in [3.8, 4) is 0 Å². The first-order valence-electron chi connectivity index (χ1n) is 12.2. The van der Waals surface area contributed by atoms with Crippen molar-refractivity contribution in [2.45, 2.75) is 51.5 Å². The second-order valence-electron chi connectivity index (χ2n) is 9.39. The third-order valence-electron chi connectivity index (χ3n) is 7.32. The van der Waals surface area contributed by atoms with E-state index in [9.17, 15) is 14.4 Å². The molecule has 0 amide bonds. The number of fused-ring (bicyclic) bond motifs is 1. The van der Waals surface area contributed by atoms with Gasteiger partial charge in [-0.05, 0) is 31.4 Å². The van der Waals surface area contributed by atoms with Gasteiger partial charge >= 0.3 is 0 Å². The van der Waals surface area contributed by atoms with E-state index in [1.807, 2.05) is 0 Å². The molecule has 1 aromatic heterocycles. The summed E-state index contributed by atoms with van der Waals surface area (Å²) >= 11 is 0. The topological polar surface area (TPSA) is 67.6 Å². The van der Waals surface area contributed by atoms with Crippen LogP contribution in [0.25, 0.3) is 10.8 Å². The van der Waals surface area contributed by atoms with Crippen molar-refractivity contribution in [1.82, 2.24) is 19.2 Å². The third kappa shape index (κ3) is 5.21. The average molecular weight is 441 g/mol. The van der Waals surface area contributed by atoms with Crippen LogP contribution in [-0.4, -0.2) is 64.2 Å². The lowest BCUT2D eigenvalue weighted by molar-refractivity contribution is -0.124. The van der Waals surface area contributed by atoms with Crippen LogP contribution in [0.3, 0.4) is 0 Å². The number of piperazine rings is 1. The Morgan fingerprint density at radius 3 is 2.09 bits per heavy atom. The van der Waals surface area contributed by atoms with Gasteiger partial charge in [-0.2, -0.15) is 0 Å². The Bertz CT molecular complexity index is 1040. The van der Waals surface area contributed by atoms with Crippen molar-refractivity contribution in [1.29, 1.82) is 0 Å². The minimum atomic E-state index is -0.128. The van der Waals surface area contributed by atoms with Crippen molar-refractivity contribution in [2.75, 3.05) is 39.3 Å². The Morgan fingerprint density at radius 1 is 0.844 bits per heavy atom. The summed E-state index contributed by atoms with van der Waals surface area (Å²) < 4.78 is 3.02. The maximum atomic E-state index is 12.8. The summed E-state index contributed by atoms with van der Waals surface area (Å²) in [5, 5.41) is 0.973. The van der Waals surface area contributed by atoms with Crippen LogP contribution >= 0.6 is 0 Å². The predicted octanol–water partition coefficient (Wildman–Crippen LogP) is 2.25. The molecule has 7 nitrogen and oxygen atoms in total. The summed E-state index contributed by atoms with van der Waals surface area (Å²) in [5.41, 5.74) is -0.230. The van der Waals surface area contributed by atoms with Crippen LogP contribution in [0.4, 0.5) is 0 Å². The summed E-state index contributed by atoms with van der Waals surface area (Å²) in [4.78, 5) is 42.7. The summed E-state index contributed by atoms with van der Waals surface area (Å²) in [5.74, 6) is 0.790. The first kappa shape index (κ1) is 22.9. The minimum absolute atomic E-state index is 0.102. The first-order valence-corrected chi connectivity index (χ1v) is 12.2. The van der Waals surface area contributed by atoms with Crippen molar-refractivity contribution < 1.29 is 4.79 Å². The zero-order chi connectivity index (χ0) is 22.5. The standard InChI is InChI=1S/C25H36N4O3/c1-26-24(31)21-10-5-6-11-22(21)25(32)29(26)14-7-13-27-16-18-28(19-17-27)15-12-23(30)20-8-3-2-4-9-20/h5-6,10-11,20H,2-4,7-9,12-19H2,1H3. The number of Topliss-reactive ketones (excluding diaryl/α,β-unsaturated/α-hetero) is 1. The molecule has 7 heteroatoms. The number of rotatable bonds is 8. The van der Waals surface area contributed by atoms with Gasteiger partial charge in [0.15, 0.2) is 0 Å². The van der Waals surface area contributed by atoms with E-state index in [1.165, 1.54) is 23.9 Å². The smallest absolute Gasteiger partial charge is 0.273 e. The molecule has 1 saturated carbocycles. The molecule has 1 saturated heterocycles. The molecule has 0 atom stereocenters. The molecular formula is C25H36N4O3. The van der Waals surface area contributed by atoms with Crippen molar-refractivity contribution in [3.05, 3.63) is 45.0 Å². The van der Waals surface area contributed by atoms with E-state index in [2.05, 4.69) is 9.80 Å². The second kappa shape index (κ2) is 10.6. The molecule has 2 aromatic rings. The van der Waals surface area contributed by atoms with E-state index in [0.717, 1.165) is 58.5 Å². The zero-order valence-electron chi connectivity index (χ0n) is 19.3. The fourth-order valence-corrected chi connectivity index (χ4v) is 5.24. The van der Waals surface area contributed by atoms with Crippen molar-refractivity contribution in [2.24, 2.45) is 13.0 Å². The maximum Gasteiger partial charge on any atom is 0.273 e. The molecule has 1 aliphatic heterocycles. The quantitative estimate of drug-likeness (QED) is 0.630. The van der Waals surface area contributed by atoms with E-state index in [4.69, 9.17) is 0 Å². The van der Waals surface area contributed by atoms with Crippen LogP contribution < -0.4 is 11.1 Å². The van der Waals surface area contributed by atoms with Gasteiger partial charge in [-0.3, -0.25) is 19.1 Å². The fraction of sp³-hybridized carbons (Fsp3) is 0.640. The lowest BCUT2D eigenvalue weighted by Crippen LogP contribution is -2.47. The molecule has 32 heavy (non-hydrogen) atoms. The average Bonchev–Trinajstić information content (AvgIpc) is 2.84. The van der Waals surface area contributed by atoms with Crippen LogP contribution in [0.2, 0.25) is 0 Å². The number of hydrogen-bond donors (Lipinski definition) is 0. The molecule has 2 heterocycles. The largest absolute Gasteiger partial charge is 0.301 e. The van der Waals surface area contributed by atoms with Gasteiger partial charge in [0.2, 0.25) is 0 Å². The van der Waals surface area contributed by atoms with Crippen LogP contribution in [-0.2, 0) is 18.4 Å². The molecule has 0 N–H and O–H groups in total. The lowest BCUT2D eigenvalue weighted by Gasteiger charge is -2.35. The Labute approximate surface area is 189 Å². The number of aromatic nitrogens is 2. The Balaban J connectivity index is 1.22. The van der Waals surface area contributed by atoms with Gasteiger partial charge in [-0.15, -0.1) is 0 Å². The Hall–Kier alpha value is -2.25. The highest BCUT2D eigenvalue weighted by Crippen LogP contribution is 2.25. The molecule has 4 rings (SSSR count). The molecule has 174 valence electrons. The molecular weight excluding hydrogens is 404 g/mol. The summed E-state index contributed by atoms with van der Waals surface area (Å²) in [6.07, 6.45) is 7.44. The highest BCUT2D eigenvalue weighted by molar-refractivity contribution is 5.81. The van der Waals surface area contributed by atoms with Gasteiger partial charge in [0.25, 0.3) is 11.1 Å². The highest BCUT2D eigenvalue weighted by Gasteiger charge is 2.23. The van der Waals surface area contributed by atoms with Gasteiger partial charge in [-0.25, -0.2) is 4.68 Å². The summed E-state index contributed by atoms with van der Waals surface area (Å²) in [7, 11) is 1.67. The SMILES string of the molecule is Cn1c(=O)c2ccccc2c(=O)n1CCCN1CCN(CCC(=O)C2CCCCC2)CC1. The summed E-state index contributed by atoms with van der Waals surface area (Å²) in [6.45, 7) is 6.29. The fourth-order valence-electron chi connectivity index (χ4n) is 5.24. The van der Waals surface area contributed by atoms with Gasteiger partial charge < -0.3 is 9.80 Å². The number of benzene rings is 1. The second-order valence-corrected chi connectivity index (χ2v) is 9.39. The van der Waals surface area contributed by atoms with Crippen LogP contribution in [0.15, 0.2) is 33.9 Å². The van der Waals surface area contributed by atoms with E-state index in [0.29, 0.717) is 35.4 Å². The molecule has 0 unspecified atom stereocenters.